The molecule has 148 valence electrons. The van der Waals surface area contributed by atoms with Crippen molar-refractivity contribution in [3.8, 4) is 5.69 Å². The maximum absolute atomic E-state index is 11.4. The number of aromatic nitrogens is 5. The minimum Gasteiger partial charge on any atom is -0.378 e. The van der Waals surface area contributed by atoms with Gasteiger partial charge in [0.1, 0.15) is 6.33 Å². The van der Waals surface area contributed by atoms with Crippen LogP contribution in [0, 0.1) is 27.7 Å². The molecule has 0 saturated heterocycles. The summed E-state index contributed by atoms with van der Waals surface area (Å²) in [5.41, 5.74) is 13.5. The predicted octanol–water partition coefficient (Wildman–Crippen LogP) is 2.86. The van der Waals surface area contributed by atoms with Crippen molar-refractivity contribution in [1.82, 2.24) is 24.1 Å². The van der Waals surface area contributed by atoms with Crippen molar-refractivity contribution in [2.75, 3.05) is 5.32 Å². The molecule has 3 aromatic heterocycles. The maximum Gasteiger partial charge on any atom is 0.288 e. The van der Waals surface area contributed by atoms with Crippen molar-refractivity contribution >= 4 is 17.2 Å². The summed E-state index contributed by atoms with van der Waals surface area (Å²) in [4.78, 5) is 20.1. The molecule has 1 aromatic carbocycles. The average molecular weight is 389 g/mol. The van der Waals surface area contributed by atoms with E-state index in [9.17, 15) is 4.79 Å². The number of fused-ring (bicyclic) bond motifs is 1. The quantitative estimate of drug-likeness (QED) is 0.546. The summed E-state index contributed by atoms with van der Waals surface area (Å²) in [5.74, 6) is -0.679. The molecule has 0 aliphatic rings. The van der Waals surface area contributed by atoms with E-state index in [-0.39, 0.29) is 5.82 Å². The van der Waals surface area contributed by atoms with E-state index in [1.165, 1.54) is 23.0 Å². The number of hydrogen-bond donors (Lipinski definition) is 2. The minimum absolute atomic E-state index is 0.0197. The van der Waals surface area contributed by atoms with Crippen LogP contribution >= 0.6 is 0 Å². The molecule has 0 spiro atoms. The van der Waals surface area contributed by atoms with Crippen LogP contribution in [0.3, 0.4) is 0 Å². The van der Waals surface area contributed by atoms with Crippen molar-refractivity contribution in [3.05, 3.63) is 70.7 Å². The lowest BCUT2D eigenvalue weighted by Crippen LogP contribution is -2.13. The van der Waals surface area contributed by atoms with Crippen molar-refractivity contribution in [1.29, 1.82) is 0 Å². The number of nitrogens with zero attached hydrogens (tertiary/aromatic N) is 5. The number of pyridine rings is 1. The summed E-state index contributed by atoms with van der Waals surface area (Å²) in [5, 5.41) is 7.71. The van der Waals surface area contributed by atoms with Crippen molar-refractivity contribution in [2.45, 2.75) is 34.2 Å². The van der Waals surface area contributed by atoms with Crippen LogP contribution in [0.2, 0.25) is 0 Å². The molecule has 0 unspecified atom stereocenters. The number of nitrogens with two attached hydrogens (primary N) is 1. The summed E-state index contributed by atoms with van der Waals surface area (Å²) < 4.78 is 3.56. The highest BCUT2D eigenvalue weighted by atomic mass is 16.1. The van der Waals surface area contributed by atoms with Crippen LogP contribution in [0.15, 0.2) is 36.8 Å². The maximum atomic E-state index is 11.4. The molecular formula is C21H23N7O. The van der Waals surface area contributed by atoms with Crippen molar-refractivity contribution < 1.29 is 4.79 Å². The van der Waals surface area contributed by atoms with Crippen molar-refractivity contribution in [2.24, 2.45) is 5.73 Å². The molecule has 0 aliphatic carbocycles. The van der Waals surface area contributed by atoms with Crippen LogP contribution in [-0.4, -0.2) is 30.1 Å². The van der Waals surface area contributed by atoms with Gasteiger partial charge in [-0.15, -0.1) is 5.10 Å². The number of rotatable bonds is 5. The zero-order valence-electron chi connectivity index (χ0n) is 16.9. The van der Waals surface area contributed by atoms with Crippen LogP contribution in [0.4, 0.5) is 5.69 Å². The van der Waals surface area contributed by atoms with Gasteiger partial charge in [0.2, 0.25) is 5.82 Å². The smallest absolute Gasteiger partial charge is 0.288 e. The monoisotopic (exact) mass is 389 g/mol. The molecule has 0 radical (unpaired) electrons. The third kappa shape index (κ3) is 3.33. The van der Waals surface area contributed by atoms with Crippen molar-refractivity contribution in [3.63, 3.8) is 0 Å². The van der Waals surface area contributed by atoms with Crippen LogP contribution in [0.5, 0.6) is 0 Å². The van der Waals surface area contributed by atoms with E-state index in [1.54, 1.807) is 4.68 Å². The Bertz CT molecular complexity index is 1220. The number of carbonyl (C=O) groups is 1. The Morgan fingerprint density at radius 3 is 2.55 bits per heavy atom. The third-order valence-electron chi connectivity index (χ3n) is 5.26. The Labute approximate surface area is 168 Å². The Hall–Kier alpha value is -3.68. The molecule has 29 heavy (non-hydrogen) atoms. The molecule has 8 nitrogen and oxygen atoms in total. The minimum atomic E-state index is -0.659. The largest absolute Gasteiger partial charge is 0.378 e. The van der Waals surface area contributed by atoms with E-state index in [0.717, 1.165) is 28.4 Å². The van der Waals surface area contributed by atoms with Gasteiger partial charge in [-0.3, -0.25) is 4.79 Å². The average Bonchev–Trinajstić information content (AvgIpc) is 3.28. The van der Waals surface area contributed by atoms with Crippen LogP contribution in [0.1, 0.15) is 38.7 Å². The second kappa shape index (κ2) is 7.05. The SMILES string of the molecule is Cc1cccc(C)c1CNc1cc(-n2cnc(C(N)=O)n2)cn2c(C)c(C)nc12. The number of aryl methyl sites for hydroxylation is 4. The molecule has 4 rings (SSSR count). The number of nitrogens with one attached hydrogen (secondary N) is 1. The van der Waals surface area contributed by atoms with Gasteiger partial charge in [0.25, 0.3) is 5.91 Å². The molecule has 0 bridgehead atoms. The predicted molar refractivity (Wildman–Crippen MR) is 111 cm³/mol. The topological polar surface area (TPSA) is 103 Å². The number of anilines is 1. The Morgan fingerprint density at radius 2 is 1.90 bits per heavy atom. The van der Waals surface area contributed by atoms with Gasteiger partial charge in [0.05, 0.1) is 17.1 Å². The van der Waals surface area contributed by atoms with E-state index in [2.05, 4.69) is 47.4 Å². The molecular weight excluding hydrogens is 366 g/mol. The number of carbonyl (C=O) groups excluding carboxylic acids is 1. The fraction of sp³-hybridized carbons (Fsp3) is 0.238. The number of imidazole rings is 1. The van der Waals surface area contributed by atoms with E-state index in [1.807, 2.05) is 30.5 Å². The molecule has 0 aliphatic heterocycles. The summed E-state index contributed by atoms with van der Waals surface area (Å²) >= 11 is 0. The standard InChI is InChI=1S/C21H23N7O/c1-12-6-5-7-13(2)17(12)9-23-18-8-16(28-11-24-20(26-28)19(22)29)10-27-15(4)14(3)25-21(18)27/h5-8,10-11,23H,9H2,1-4H3,(H2,22,29). The fourth-order valence-electron chi connectivity index (χ4n) is 3.42. The van der Waals surface area contributed by atoms with Gasteiger partial charge in [-0.05, 0) is 50.5 Å². The molecule has 0 atom stereocenters. The molecule has 0 fully saturated rings. The van der Waals surface area contributed by atoms with E-state index in [4.69, 9.17) is 10.7 Å². The van der Waals surface area contributed by atoms with Gasteiger partial charge in [-0.25, -0.2) is 14.6 Å². The van der Waals surface area contributed by atoms with Crippen LogP contribution in [-0.2, 0) is 6.54 Å². The zero-order valence-corrected chi connectivity index (χ0v) is 16.9. The summed E-state index contributed by atoms with van der Waals surface area (Å²) in [6.45, 7) is 8.90. The van der Waals surface area contributed by atoms with Crippen LogP contribution in [0.25, 0.3) is 11.3 Å². The Balaban J connectivity index is 1.79. The highest BCUT2D eigenvalue weighted by Gasteiger charge is 2.14. The highest BCUT2D eigenvalue weighted by Crippen LogP contribution is 2.25. The number of primary amides is 1. The molecule has 3 N–H and O–H groups in total. The normalized spacial score (nSPS) is 11.2. The number of hydrogen-bond acceptors (Lipinski definition) is 5. The van der Waals surface area contributed by atoms with Gasteiger partial charge in [0.15, 0.2) is 5.65 Å². The molecule has 1 amide bonds. The summed E-state index contributed by atoms with van der Waals surface area (Å²) in [6.07, 6.45) is 3.41. The summed E-state index contributed by atoms with van der Waals surface area (Å²) in [6, 6.07) is 8.24. The first-order valence-electron chi connectivity index (χ1n) is 9.35. The molecule has 8 heteroatoms. The zero-order chi connectivity index (χ0) is 20.7. The second-order valence-corrected chi connectivity index (χ2v) is 7.19. The molecule has 3 heterocycles. The highest BCUT2D eigenvalue weighted by molar-refractivity contribution is 5.88. The van der Waals surface area contributed by atoms with Gasteiger partial charge >= 0.3 is 0 Å². The lowest BCUT2D eigenvalue weighted by molar-refractivity contribution is 0.0990. The van der Waals surface area contributed by atoms with E-state index < -0.39 is 5.91 Å². The van der Waals surface area contributed by atoms with Gasteiger partial charge < -0.3 is 15.5 Å². The first-order chi connectivity index (χ1) is 13.8. The molecule has 4 aromatic rings. The van der Waals surface area contributed by atoms with Gasteiger partial charge in [-0.2, -0.15) is 0 Å². The molecule has 0 saturated carbocycles. The number of benzene rings is 1. The summed E-state index contributed by atoms with van der Waals surface area (Å²) in [7, 11) is 0. The van der Waals surface area contributed by atoms with Gasteiger partial charge in [0, 0.05) is 18.4 Å². The lowest BCUT2D eigenvalue weighted by Gasteiger charge is -2.14. The Kier molecular flexibility index (Phi) is 4.54. The van der Waals surface area contributed by atoms with E-state index in [0.29, 0.717) is 6.54 Å². The Morgan fingerprint density at radius 1 is 1.17 bits per heavy atom. The third-order valence-corrected chi connectivity index (χ3v) is 5.26. The van der Waals surface area contributed by atoms with Crippen LogP contribution < -0.4 is 11.1 Å². The fourth-order valence-corrected chi connectivity index (χ4v) is 3.42. The van der Waals surface area contributed by atoms with E-state index >= 15 is 0 Å². The first-order valence-corrected chi connectivity index (χ1v) is 9.35. The first kappa shape index (κ1) is 18.7. The van der Waals surface area contributed by atoms with Gasteiger partial charge in [-0.1, -0.05) is 18.2 Å². The number of amides is 1. The lowest BCUT2D eigenvalue weighted by atomic mass is 10.0. The second-order valence-electron chi connectivity index (χ2n) is 7.19.